The fourth-order valence-corrected chi connectivity index (χ4v) is 3.01. The van der Waals surface area contributed by atoms with Gasteiger partial charge < -0.3 is 14.4 Å². The molecule has 138 valence electrons. The highest BCUT2D eigenvalue weighted by Crippen LogP contribution is 2.41. The van der Waals surface area contributed by atoms with Gasteiger partial charge in [-0.05, 0) is 6.92 Å². The Morgan fingerprint density at radius 1 is 1.15 bits per heavy atom. The Hall–Kier alpha value is -2.43. The first-order chi connectivity index (χ1) is 12.3. The molecule has 0 bridgehead atoms. The van der Waals surface area contributed by atoms with Crippen LogP contribution >= 0.6 is 22.6 Å². The summed E-state index contributed by atoms with van der Waals surface area (Å²) in [6.07, 6.45) is 3.08. The van der Waals surface area contributed by atoms with Crippen molar-refractivity contribution in [3.63, 3.8) is 0 Å². The zero-order valence-corrected chi connectivity index (χ0v) is 16.5. The Morgan fingerprint density at radius 3 is 2.08 bits per heavy atom. The second-order valence-corrected chi connectivity index (χ2v) is 7.22. The first kappa shape index (κ1) is 19.9. The molecule has 0 fully saturated rings. The van der Waals surface area contributed by atoms with Crippen molar-refractivity contribution < 1.29 is 24.0 Å². The highest BCUT2D eigenvalue weighted by Gasteiger charge is 2.38. The van der Waals surface area contributed by atoms with Gasteiger partial charge in [-0.3, -0.25) is 10.1 Å². The summed E-state index contributed by atoms with van der Waals surface area (Å²) in [4.78, 5) is 37.3. The van der Waals surface area contributed by atoms with Gasteiger partial charge in [-0.1, -0.05) is 40.8 Å². The van der Waals surface area contributed by atoms with Crippen LogP contribution in [0.15, 0.2) is 47.8 Å². The fraction of sp³-hybridized carbons (Fsp3) is 0.294. The summed E-state index contributed by atoms with van der Waals surface area (Å²) in [5.74, 6) is -2.32. The molecule has 0 saturated heterocycles. The number of esters is 2. The van der Waals surface area contributed by atoms with Gasteiger partial charge in [0, 0.05) is 24.0 Å². The van der Waals surface area contributed by atoms with Gasteiger partial charge in [-0.25, -0.2) is 9.59 Å². The molecule has 0 saturated carbocycles. The number of halogens is 1. The molecular formula is C17H17IN2O6. The van der Waals surface area contributed by atoms with Crippen molar-refractivity contribution in [2.24, 2.45) is 0 Å². The van der Waals surface area contributed by atoms with E-state index in [1.807, 2.05) is 6.92 Å². The molecule has 9 heteroatoms. The largest absolute Gasteiger partial charge is 0.466 e. The predicted molar refractivity (Wildman–Crippen MR) is 101 cm³/mol. The van der Waals surface area contributed by atoms with E-state index in [-0.39, 0.29) is 26.4 Å². The number of para-hydroxylation sites is 1. The van der Waals surface area contributed by atoms with Crippen molar-refractivity contribution in [1.29, 1.82) is 0 Å². The molecule has 0 radical (unpaired) electrons. The summed E-state index contributed by atoms with van der Waals surface area (Å²) in [6, 6.07) is 5.97. The standard InChI is InChI=1S/C17H17IN2O6/c1-10(18)19-8-12(16(21)25-2)15(13(9-19)17(22)26-3)11-6-4-5-7-14(11)20(23)24/h4-10,15H,1-3H3. The van der Waals surface area contributed by atoms with Crippen LogP contribution < -0.4 is 0 Å². The maximum absolute atomic E-state index is 12.4. The first-order valence-electron chi connectivity index (χ1n) is 7.56. The number of carbonyl (C=O) groups is 2. The zero-order valence-electron chi connectivity index (χ0n) is 14.3. The van der Waals surface area contributed by atoms with Gasteiger partial charge in [0.2, 0.25) is 0 Å². The predicted octanol–water partition coefficient (Wildman–Crippen LogP) is 2.89. The van der Waals surface area contributed by atoms with E-state index in [1.165, 1.54) is 44.8 Å². The van der Waals surface area contributed by atoms with Gasteiger partial charge in [0.05, 0.1) is 40.3 Å². The van der Waals surface area contributed by atoms with Crippen molar-refractivity contribution in [2.45, 2.75) is 16.9 Å². The van der Waals surface area contributed by atoms with Crippen LogP contribution in [0.4, 0.5) is 5.69 Å². The molecule has 1 unspecified atom stereocenters. The van der Waals surface area contributed by atoms with Crippen LogP contribution in [0.25, 0.3) is 0 Å². The van der Waals surface area contributed by atoms with Gasteiger partial charge in [0.15, 0.2) is 0 Å². The summed E-state index contributed by atoms with van der Waals surface area (Å²) in [7, 11) is 2.43. The van der Waals surface area contributed by atoms with Crippen LogP contribution in [0, 0.1) is 10.1 Å². The van der Waals surface area contributed by atoms with E-state index in [0.29, 0.717) is 0 Å². The number of carbonyl (C=O) groups excluding carboxylic acids is 2. The Balaban J connectivity index is 2.74. The van der Waals surface area contributed by atoms with Crippen molar-refractivity contribution in [2.75, 3.05) is 14.2 Å². The molecule has 26 heavy (non-hydrogen) atoms. The summed E-state index contributed by atoms with van der Waals surface area (Å²) in [6.45, 7) is 1.86. The third-order valence-electron chi connectivity index (χ3n) is 3.90. The van der Waals surface area contributed by atoms with Crippen LogP contribution in [0.5, 0.6) is 0 Å². The monoisotopic (exact) mass is 472 g/mol. The third kappa shape index (κ3) is 3.87. The molecule has 2 rings (SSSR count). The van der Waals surface area contributed by atoms with E-state index < -0.39 is 22.8 Å². The van der Waals surface area contributed by atoms with E-state index in [0.717, 1.165) is 0 Å². The molecule has 1 atom stereocenters. The van der Waals surface area contributed by atoms with Gasteiger partial charge in [-0.2, -0.15) is 0 Å². The fourth-order valence-electron chi connectivity index (χ4n) is 2.69. The van der Waals surface area contributed by atoms with Gasteiger partial charge >= 0.3 is 11.9 Å². The lowest BCUT2D eigenvalue weighted by atomic mass is 9.82. The van der Waals surface area contributed by atoms with E-state index in [2.05, 4.69) is 22.6 Å². The second-order valence-electron chi connectivity index (χ2n) is 5.42. The molecule has 0 amide bonds. The van der Waals surface area contributed by atoms with Crippen LogP contribution in [0.3, 0.4) is 0 Å². The number of ether oxygens (including phenoxy) is 2. The topological polar surface area (TPSA) is 99.0 Å². The van der Waals surface area contributed by atoms with E-state index in [9.17, 15) is 19.7 Å². The third-order valence-corrected chi connectivity index (χ3v) is 4.54. The van der Waals surface area contributed by atoms with Crippen LogP contribution in [0.1, 0.15) is 18.4 Å². The van der Waals surface area contributed by atoms with Gasteiger partial charge in [0.1, 0.15) is 0 Å². The summed E-state index contributed by atoms with van der Waals surface area (Å²) in [5, 5.41) is 11.5. The lowest BCUT2D eigenvalue weighted by Gasteiger charge is -2.31. The summed E-state index contributed by atoms with van der Waals surface area (Å²) < 4.78 is 9.61. The number of nitro benzene ring substituents is 1. The number of nitrogens with zero attached hydrogens (tertiary/aromatic N) is 2. The van der Waals surface area contributed by atoms with E-state index in [1.54, 1.807) is 11.0 Å². The number of nitro groups is 1. The molecule has 1 aromatic rings. The van der Waals surface area contributed by atoms with Crippen molar-refractivity contribution >= 4 is 40.2 Å². The molecule has 8 nitrogen and oxygen atoms in total. The summed E-state index contributed by atoms with van der Waals surface area (Å²) >= 11 is 2.12. The van der Waals surface area contributed by atoms with Gasteiger partial charge in [0.25, 0.3) is 5.69 Å². The zero-order chi connectivity index (χ0) is 19.4. The van der Waals surface area contributed by atoms with Crippen LogP contribution in [0.2, 0.25) is 0 Å². The number of benzene rings is 1. The highest BCUT2D eigenvalue weighted by atomic mass is 127. The normalized spacial score (nSPS) is 15.6. The number of hydrogen-bond acceptors (Lipinski definition) is 7. The number of rotatable bonds is 5. The van der Waals surface area contributed by atoms with Crippen molar-refractivity contribution in [3.8, 4) is 0 Å². The SMILES string of the molecule is COC(=O)C1=CN(C(C)I)C=C(C(=O)OC)C1c1ccccc1[N+](=O)[O-]. The summed E-state index contributed by atoms with van der Waals surface area (Å²) in [5.41, 5.74) is 0.256. The molecule has 1 aliphatic rings. The Labute approximate surface area is 163 Å². The smallest absolute Gasteiger partial charge is 0.336 e. The Bertz CT molecular complexity index is 768. The first-order valence-corrected chi connectivity index (χ1v) is 8.81. The van der Waals surface area contributed by atoms with E-state index in [4.69, 9.17) is 9.47 Å². The Morgan fingerprint density at radius 2 is 1.65 bits per heavy atom. The lowest BCUT2D eigenvalue weighted by Crippen LogP contribution is -2.31. The molecule has 1 heterocycles. The molecule has 1 aliphatic heterocycles. The molecule has 0 aliphatic carbocycles. The average Bonchev–Trinajstić information content (AvgIpc) is 2.65. The number of methoxy groups -OCH3 is 2. The average molecular weight is 472 g/mol. The molecular weight excluding hydrogens is 455 g/mol. The molecule has 0 aromatic heterocycles. The lowest BCUT2D eigenvalue weighted by molar-refractivity contribution is -0.385. The van der Waals surface area contributed by atoms with Crippen molar-refractivity contribution in [3.05, 3.63) is 63.5 Å². The minimum absolute atomic E-state index is 0.0846. The Kier molecular flexibility index (Phi) is 6.35. The van der Waals surface area contributed by atoms with Gasteiger partial charge in [-0.15, -0.1) is 0 Å². The maximum atomic E-state index is 12.4. The second kappa shape index (κ2) is 8.30. The maximum Gasteiger partial charge on any atom is 0.336 e. The van der Waals surface area contributed by atoms with Crippen LogP contribution in [-0.4, -0.2) is 40.0 Å². The minimum atomic E-state index is -0.970. The molecule has 0 N–H and O–H groups in total. The molecule has 0 spiro atoms. The number of hydrogen-bond donors (Lipinski definition) is 0. The number of alkyl halides is 1. The highest BCUT2D eigenvalue weighted by molar-refractivity contribution is 14.1. The van der Waals surface area contributed by atoms with E-state index >= 15 is 0 Å². The van der Waals surface area contributed by atoms with Crippen LogP contribution in [-0.2, 0) is 19.1 Å². The minimum Gasteiger partial charge on any atom is -0.466 e. The molecule has 1 aromatic carbocycles. The van der Waals surface area contributed by atoms with Crippen molar-refractivity contribution in [1.82, 2.24) is 4.90 Å². The quantitative estimate of drug-likeness (QED) is 0.162.